The van der Waals surface area contributed by atoms with Gasteiger partial charge in [0.1, 0.15) is 12.2 Å². The number of aromatic nitrogens is 2. The Morgan fingerprint density at radius 2 is 1.87 bits per heavy atom. The predicted molar refractivity (Wildman–Crippen MR) is 101 cm³/mol. The molecule has 0 bridgehead atoms. The lowest BCUT2D eigenvalue weighted by molar-refractivity contribution is -0.192. The second kappa shape index (κ2) is 10.5. The molecule has 0 unspecified atom stereocenters. The van der Waals surface area contributed by atoms with E-state index in [4.69, 9.17) is 19.4 Å². The van der Waals surface area contributed by atoms with Gasteiger partial charge in [-0.15, -0.1) is 0 Å². The number of ether oxygens (including phenoxy) is 2. The Morgan fingerprint density at radius 1 is 1.23 bits per heavy atom. The summed E-state index contributed by atoms with van der Waals surface area (Å²) in [6.07, 6.45) is 2.12. The van der Waals surface area contributed by atoms with E-state index >= 15 is 0 Å². The number of hydrogen-bond donors (Lipinski definition) is 1. The Balaban J connectivity index is 0.000000339. The van der Waals surface area contributed by atoms with Crippen molar-refractivity contribution in [3.63, 3.8) is 0 Å². The fourth-order valence-corrected chi connectivity index (χ4v) is 4.08. The van der Waals surface area contributed by atoms with Gasteiger partial charge in [0.25, 0.3) is 0 Å². The van der Waals surface area contributed by atoms with Crippen molar-refractivity contribution in [2.24, 2.45) is 0 Å². The highest BCUT2D eigenvalue weighted by molar-refractivity contribution is 5.73. The zero-order valence-electron chi connectivity index (χ0n) is 16.9. The molecule has 4 rings (SSSR count). The van der Waals surface area contributed by atoms with Gasteiger partial charge >= 0.3 is 12.1 Å². The molecule has 0 amide bonds. The monoisotopic (exact) mass is 450 g/mol. The maximum Gasteiger partial charge on any atom is 0.490 e. The number of nitrogens with zero attached hydrogens (tertiary/aromatic N) is 4. The van der Waals surface area contributed by atoms with E-state index in [1.165, 1.54) is 38.3 Å². The van der Waals surface area contributed by atoms with Crippen molar-refractivity contribution in [1.82, 2.24) is 14.9 Å². The molecule has 12 heteroatoms. The highest BCUT2D eigenvalue weighted by Crippen LogP contribution is 2.32. The normalized spacial score (nSPS) is 26.3. The third-order valence-electron chi connectivity index (χ3n) is 5.52. The summed E-state index contributed by atoms with van der Waals surface area (Å²) in [4.78, 5) is 21.8. The van der Waals surface area contributed by atoms with Crippen molar-refractivity contribution in [2.75, 3.05) is 44.3 Å². The predicted octanol–water partition coefficient (Wildman–Crippen LogP) is 2.10. The standard InChI is InChI=1S/C17H25FN4O2.C2HF3O2/c18-13-10-19-17(20-11-13)22-12-15(16-14(22)4-3-8-24-16)23-9-7-21-5-1-2-6-21;3-2(4,5)1(6)7/h10-11,14-16H,1-9,12H2;(H,6,7)/t14-,15+,16+;/m1./s1. The summed E-state index contributed by atoms with van der Waals surface area (Å²) in [5.41, 5.74) is 0. The zero-order chi connectivity index (χ0) is 22.4. The maximum absolute atomic E-state index is 13.1. The minimum Gasteiger partial charge on any atom is -0.475 e. The number of alkyl halides is 3. The third kappa shape index (κ3) is 6.47. The molecule has 0 radical (unpaired) electrons. The van der Waals surface area contributed by atoms with Gasteiger partial charge in [-0.1, -0.05) is 0 Å². The Labute approximate surface area is 177 Å². The molecule has 1 aromatic heterocycles. The van der Waals surface area contributed by atoms with E-state index in [1.807, 2.05) is 0 Å². The van der Waals surface area contributed by atoms with Gasteiger partial charge < -0.3 is 24.4 Å². The van der Waals surface area contributed by atoms with Gasteiger partial charge in [0, 0.05) is 13.2 Å². The lowest BCUT2D eigenvalue weighted by atomic mass is 10.0. The quantitative estimate of drug-likeness (QED) is 0.683. The van der Waals surface area contributed by atoms with Crippen LogP contribution >= 0.6 is 0 Å². The molecule has 0 aromatic carbocycles. The molecule has 3 aliphatic rings. The molecule has 3 fully saturated rings. The van der Waals surface area contributed by atoms with Gasteiger partial charge in [-0.05, 0) is 38.8 Å². The van der Waals surface area contributed by atoms with E-state index in [1.54, 1.807) is 0 Å². The SMILES string of the molecule is Fc1cnc(N2C[C@H](OCCN3CCCC3)[C@H]3OCCC[C@H]32)nc1.O=C(O)C(F)(F)F. The number of carbonyl (C=O) groups is 1. The molecule has 8 nitrogen and oxygen atoms in total. The van der Waals surface area contributed by atoms with Crippen LogP contribution in [0.25, 0.3) is 0 Å². The van der Waals surface area contributed by atoms with Crippen LogP contribution in [0.1, 0.15) is 25.7 Å². The Hall–Kier alpha value is -2.05. The maximum atomic E-state index is 13.1. The van der Waals surface area contributed by atoms with Crippen LogP contribution in [-0.4, -0.2) is 89.8 Å². The van der Waals surface area contributed by atoms with Crippen LogP contribution in [0.15, 0.2) is 12.4 Å². The summed E-state index contributed by atoms with van der Waals surface area (Å²) >= 11 is 0. The molecule has 174 valence electrons. The van der Waals surface area contributed by atoms with E-state index in [0.717, 1.165) is 32.6 Å². The molecular weight excluding hydrogens is 424 g/mol. The van der Waals surface area contributed by atoms with E-state index in [2.05, 4.69) is 19.8 Å². The number of aliphatic carboxylic acids is 1. The first-order valence-corrected chi connectivity index (χ1v) is 10.3. The molecule has 4 heterocycles. The molecule has 0 saturated carbocycles. The van der Waals surface area contributed by atoms with E-state index in [0.29, 0.717) is 12.5 Å². The third-order valence-corrected chi connectivity index (χ3v) is 5.52. The number of halogens is 4. The van der Waals surface area contributed by atoms with E-state index in [9.17, 15) is 17.6 Å². The Morgan fingerprint density at radius 3 is 2.48 bits per heavy atom. The number of rotatable bonds is 5. The van der Waals surface area contributed by atoms with Crippen molar-refractivity contribution >= 4 is 11.9 Å². The van der Waals surface area contributed by atoms with E-state index in [-0.39, 0.29) is 18.2 Å². The number of likely N-dealkylation sites (tertiary alicyclic amines) is 1. The van der Waals surface area contributed by atoms with Crippen LogP contribution < -0.4 is 4.90 Å². The van der Waals surface area contributed by atoms with Crippen LogP contribution in [0, 0.1) is 5.82 Å². The summed E-state index contributed by atoms with van der Waals surface area (Å²) < 4.78 is 57.0. The lowest BCUT2D eigenvalue weighted by Crippen LogP contribution is -2.42. The van der Waals surface area contributed by atoms with Gasteiger partial charge in [0.05, 0.1) is 31.6 Å². The second-order valence-corrected chi connectivity index (χ2v) is 7.66. The molecule has 0 spiro atoms. The van der Waals surface area contributed by atoms with Crippen LogP contribution in [0.4, 0.5) is 23.5 Å². The second-order valence-electron chi connectivity index (χ2n) is 7.66. The number of fused-ring (bicyclic) bond motifs is 1. The van der Waals surface area contributed by atoms with E-state index < -0.39 is 18.0 Å². The molecule has 0 aliphatic carbocycles. The van der Waals surface area contributed by atoms with Crippen LogP contribution in [0.2, 0.25) is 0 Å². The van der Waals surface area contributed by atoms with Crippen molar-refractivity contribution in [3.05, 3.63) is 18.2 Å². The van der Waals surface area contributed by atoms with Crippen LogP contribution in [0.3, 0.4) is 0 Å². The van der Waals surface area contributed by atoms with Gasteiger partial charge in [-0.2, -0.15) is 13.2 Å². The molecule has 3 saturated heterocycles. The Kier molecular flexibility index (Phi) is 8.00. The van der Waals surface area contributed by atoms with Crippen molar-refractivity contribution in [1.29, 1.82) is 0 Å². The molecule has 1 N–H and O–H groups in total. The zero-order valence-corrected chi connectivity index (χ0v) is 16.9. The number of hydrogen-bond acceptors (Lipinski definition) is 7. The summed E-state index contributed by atoms with van der Waals surface area (Å²) in [7, 11) is 0. The molecule has 31 heavy (non-hydrogen) atoms. The summed E-state index contributed by atoms with van der Waals surface area (Å²) in [6.45, 7) is 5.58. The Bertz CT molecular complexity index is 716. The van der Waals surface area contributed by atoms with Gasteiger partial charge in [-0.25, -0.2) is 19.2 Å². The van der Waals surface area contributed by atoms with Crippen molar-refractivity contribution < 1.29 is 36.9 Å². The number of carboxylic acid groups (broad SMARTS) is 1. The highest BCUT2D eigenvalue weighted by atomic mass is 19.4. The first-order valence-electron chi connectivity index (χ1n) is 10.3. The molecule has 1 aromatic rings. The minimum atomic E-state index is -5.08. The molecule has 3 aliphatic heterocycles. The van der Waals surface area contributed by atoms with Gasteiger partial charge in [-0.3, -0.25) is 0 Å². The largest absolute Gasteiger partial charge is 0.490 e. The minimum absolute atomic E-state index is 0.0338. The fraction of sp³-hybridized carbons (Fsp3) is 0.737. The molecule has 3 atom stereocenters. The molecular formula is C19H26F4N4O4. The first kappa shape index (κ1) is 23.6. The fourth-order valence-electron chi connectivity index (χ4n) is 4.08. The average Bonchev–Trinajstić information content (AvgIpc) is 3.37. The summed E-state index contributed by atoms with van der Waals surface area (Å²) in [5, 5.41) is 7.12. The average molecular weight is 450 g/mol. The lowest BCUT2D eigenvalue weighted by Gasteiger charge is -2.32. The highest BCUT2D eigenvalue weighted by Gasteiger charge is 2.45. The summed E-state index contributed by atoms with van der Waals surface area (Å²) in [6, 6.07) is 0.223. The summed E-state index contributed by atoms with van der Waals surface area (Å²) in [5.74, 6) is -2.59. The topological polar surface area (TPSA) is 88.0 Å². The number of anilines is 1. The number of carboxylic acids is 1. The van der Waals surface area contributed by atoms with Crippen molar-refractivity contribution in [2.45, 2.75) is 50.1 Å². The van der Waals surface area contributed by atoms with Crippen molar-refractivity contribution in [3.8, 4) is 0 Å². The smallest absolute Gasteiger partial charge is 0.475 e. The van der Waals surface area contributed by atoms with Crippen LogP contribution in [0.5, 0.6) is 0 Å². The van der Waals surface area contributed by atoms with Crippen LogP contribution in [-0.2, 0) is 14.3 Å². The van der Waals surface area contributed by atoms with Gasteiger partial charge in [0.15, 0.2) is 5.82 Å². The van der Waals surface area contributed by atoms with Gasteiger partial charge in [0.2, 0.25) is 5.95 Å². The first-order chi connectivity index (χ1) is 14.8.